The van der Waals surface area contributed by atoms with Crippen LogP contribution in [0.2, 0.25) is 5.02 Å². The van der Waals surface area contributed by atoms with Crippen LogP contribution < -0.4 is 9.47 Å². The van der Waals surface area contributed by atoms with Crippen LogP contribution in [0.1, 0.15) is 35.3 Å². The van der Waals surface area contributed by atoms with E-state index in [0.29, 0.717) is 29.3 Å². The Morgan fingerprint density at radius 1 is 1.13 bits per heavy atom. The van der Waals surface area contributed by atoms with Crippen molar-refractivity contribution in [3.63, 3.8) is 0 Å². The predicted octanol–water partition coefficient (Wildman–Crippen LogP) is 4.56. The van der Waals surface area contributed by atoms with E-state index < -0.39 is 0 Å². The Bertz CT molecular complexity index is 1060. The van der Waals surface area contributed by atoms with Gasteiger partial charge in [-0.25, -0.2) is 0 Å². The van der Waals surface area contributed by atoms with E-state index in [1.165, 1.54) is 5.56 Å². The number of fused-ring (bicyclic) bond motifs is 1. The van der Waals surface area contributed by atoms with Gasteiger partial charge in [0.2, 0.25) is 0 Å². The second-order valence-corrected chi connectivity index (χ2v) is 8.19. The van der Waals surface area contributed by atoms with Gasteiger partial charge in [-0.2, -0.15) is 9.97 Å². The van der Waals surface area contributed by atoms with Crippen molar-refractivity contribution >= 4 is 17.5 Å². The molecule has 7 heteroatoms. The lowest BCUT2D eigenvalue weighted by molar-refractivity contribution is 0.0558. The summed E-state index contributed by atoms with van der Waals surface area (Å²) in [6.45, 7) is 4.68. The fraction of sp³-hybridized carbons (Fsp3) is 0.292. The first-order valence-electron chi connectivity index (χ1n) is 10.2. The number of halogens is 1. The summed E-state index contributed by atoms with van der Waals surface area (Å²) in [6, 6.07) is 15.3. The molecule has 2 heterocycles. The third-order valence-corrected chi connectivity index (χ3v) is 5.30. The number of hydrogen-bond acceptors (Lipinski definition) is 5. The Labute approximate surface area is 186 Å². The lowest BCUT2D eigenvalue weighted by Crippen LogP contribution is -2.47. The number of rotatable bonds is 6. The summed E-state index contributed by atoms with van der Waals surface area (Å²) in [6.07, 6.45) is 3.92. The van der Waals surface area contributed by atoms with Crippen LogP contribution >= 0.6 is 11.6 Å². The van der Waals surface area contributed by atoms with Crippen molar-refractivity contribution in [2.24, 2.45) is 0 Å². The van der Waals surface area contributed by atoms with Gasteiger partial charge in [-0.05, 0) is 49.6 Å². The maximum Gasteiger partial charge on any atom is 0.316 e. The van der Waals surface area contributed by atoms with Crippen LogP contribution in [0.15, 0.2) is 60.9 Å². The Balaban J connectivity index is 1.52. The fourth-order valence-corrected chi connectivity index (χ4v) is 3.83. The molecule has 0 N–H and O–H groups in total. The molecule has 0 spiro atoms. The molecule has 1 aliphatic rings. The summed E-state index contributed by atoms with van der Waals surface area (Å²) in [7, 11) is 0. The fourth-order valence-electron chi connectivity index (χ4n) is 3.64. The van der Waals surface area contributed by atoms with Gasteiger partial charge in [-0.1, -0.05) is 41.9 Å². The summed E-state index contributed by atoms with van der Waals surface area (Å²) < 4.78 is 11.4. The van der Waals surface area contributed by atoms with E-state index in [1.807, 2.05) is 30.9 Å². The number of carbonyl (C=O) groups is 1. The van der Waals surface area contributed by atoms with Gasteiger partial charge in [0, 0.05) is 17.1 Å². The van der Waals surface area contributed by atoms with Crippen molar-refractivity contribution in [3.05, 3.63) is 82.6 Å². The Morgan fingerprint density at radius 2 is 1.87 bits per heavy atom. The first-order chi connectivity index (χ1) is 15.0. The summed E-state index contributed by atoms with van der Waals surface area (Å²) in [5, 5.41) is 0.535. The van der Waals surface area contributed by atoms with Crippen LogP contribution in [0.4, 0.5) is 0 Å². The number of amides is 1. The van der Waals surface area contributed by atoms with Gasteiger partial charge in [0.25, 0.3) is 5.91 Å². The molecule has 0 saturated carbocycles. The highest BCUT2D eigenvalue weighted by Crippen LogP contribution is 2.26. The Morgan fingerprint density at radius 3 is 2.58 bits per heavy atom. The third kappa shape index (κ3) is 5.14. The Hall–Kier alpha value is -3.12. The van der Waals surface area contributed by atoms with E-state index in [1.54, 1.807) is 36.7 Å². The molecule has 0 fully saturated rings. The van der Waals surface area contributed by atoms with Gasteiger partial charge in [0.05, 0.1) is 24.5 Å². The first kappa shape index (κ1) is 21.1. The van der Waals surface area contributed by atoms with Crippen molar-refractivity contribution in [2.45, 2.75) is 39.0 Å². The summed E-state index contributed by atoms with van der Waals surface area (Å²) in [5.41, 5.74) is 2.91. The zero-order valence-electron chi connectivity index (χ0n) is 17.5. The summed E-state index contributed by atoms with van der Waals surface area (Å²) in [4.78, 5) is 23.6. The number of aromatic nitrogens is 2. The van der Waals surface area contributed by atoms with Crippen LogP contribution in [-0.2, 0) is 13.0 Å². The SMILES string of the molecule is CC(C)Oc1cnc(OCC2Cc3ccccc3CN2C(=O)c2cccc(Cl)c2)nc1. The molecule has 0 aliphatic carbocycles. The van der Waals surface area contributed by atoms with Gasteiger partial charge >= 0.3 is 6.01 Å². The molecule has 1 aliphatic heterocycles. The monoisotopic (exact) mass is 437 g/mol. The molecule has 31 heavy (non-hydrogen) atoms. The molecule has 2 aromatic carbocycles. The van der Waals surface area contributed by atoms with Crippen molar-refractivity contribution in [2.75, 3.05) is 6.61 Å². The number of ether oxygens (including phenoxy) is 2. The number of carbonyl (C=O) groups excluding carboxylic acids is 1. The highest BCUT2D eigenvalue weighted by atomic mass is 35.5. The molecule has 4 rings (SSSR count). The van der Waals surface area contributed by atoms with Crippen LogP contribution in [0.3, 0.4) is 0 Å². The molecule has 0 saturated heterocycles. The quantitative estimate of drug-likeness (QED) is 0.565. The zero-order valence-corrected chi connectivity index (χ0v) is 18.2. The van der Waals surface area contributed by atoms with E-state index in [2.05, 4.69) is 22.1 Å². The van der Waals surface area contributed by atoms with E-state index in [0.717, 1.165) is 5.56 Å². The van der Waals surface area contributed by atoms with Crippen molar-refractivity contribution in [1.82, 2.24) is 14.9 Å². The highest BCUT2D eigenvalue weighted by molar-refractivity contribution is 6.30. The number of hydrogen-bond donors (Lipinski definition) is 0. The number of nitrogens with zero attached hydrogens (tertiary/aromatic N) is 3. The largest absolute Gasteiger partial charge is 0.488 e. The smallest absolute Gasteiger partial charge is 0.316 e. The van der Waals surface area contributed by atoms with Gasteiger partial charge < -0.3 is 14.4 Å². The summed E-state index contributed by atoms with van der Waals surface area (Å²) in [5.74, 6) is 0.513. The third-order valence-electron chi connectivity index (χ3n) is 5.07. The zero-order chi connectivity index (χ0) is 21.8. The molecule has 1 unspecified atom stereocenters. The van der Waals surface area contributed by atoms with Crippen LogP contribution in [0.5, 0.6) is 11.8 Å². The molecule has 3 aromatic rings. The van der Waals surface area contributed by atoms with E-state index in [9.17, 15) is 4.79 Å². The summed E-state index contributed by atoms with van der Waals surface area (Å²) >= 11 is 6.11. The molecular weight excluding hydrogens is 414 g/mol. The van der Waals surface area contributed by atoms with Gasteiger partial charge in [0.1, 0.15) is 6.61 Å². The molecular formula is C24H24ClN3O3. The average molecular weight is 438 g/mol. The van der Waals surface area contributed by atoms with Gasteiger partial charge in [0.15, 0.2) is 5.75 Å². The van der Waals surface area contributed by atoms with Gasteiger partial charge in [-0.3, -0.25) is 4.79 Å². The van der Waals surface area contributed by atoms with Gasteiger partial charge in [-0.15, -0.1) is 0 Å². The molecule has 6 nitrogen and oxygen atoms in total. The minimum Gasteiger partial charge on any atom is -0.488 e. The second kappa shape index (κ2) is 9.35. The minimum atomic E-state index is -0.156. The maximum absolute atomic E-state index is 13.3. The van der Waals surface area contributed by atoms with E-state index in [4.69, 9.17) is 21.1 Å². The van der Waals surface area contributed by atoms with Crippen LogP contribution in [0, 0.1) is 0 Å². The standard InChI is InChI=1S/C24H24ClN3O3/c1-16(2)31-22-12-26-24(27-13-22)30-15-21-11-17-6-3-4-7-19(17)14-28(21)23(29)18-8-5-9-20(25)10-18/h3-10,12-13,16,21H,11,14-15H2,1-2H3. The normalized spacial score (nSPS) is 15.5. The average Bonchev–Trinajstić information content (AvgIpc) is 2.77. The topological polar surface area (TPSA) is 64.6 Å². The molecule has 1 atom stereocenters. The maximum atomic E-state index is 13.3. The van der Waals surface area contributed by atoms with Crippen LogP contribution in [-0.4, -0.2) is 39.5 Å². The lowest BCUT2D eigenvalue weighted by atomic mass is 9.93. The molecule has 1 aromatic heterocycles. The molecule has 0 radical (unpaired) electrons. The van der Waals surface area contributed by atoms with Crippen LogP contribution in [0.25, 0.3) is 0 Å². The second-order valence-electron chi connectivity index (χ2n) is 7.75. The predicted molar refractivity (Wildman–Crippen MR) is 119 cm³/mol. The van der Waals surface area contributed by atoms with E-state index >= 15 is 0 Å². The lowest BCUT2D eigenvalue weighted by Gasteiger charge is -2.36. The highest BCUT2D eigenvalue weighted by Gasteiger charge is 2.31. The van der Waals surface area contributed by atoms with Crippen molar-refractivity contribution in [3.8, 4) is 11.8 Å². The molecule has 1 amide bonds. The number of benzene rings is 2. The Kier molecular flexibility index (Phi) is 6.37. The van der Waals surface area contributed by atoms with E-state index in [-0.39, 0.29) is 30.7 Å². The van der Waals surface area contributed by atoms with Crippen molar-refractivity contribution < 1.29 is 14.3 Å². The first-order valence-corrected chi connectivity index (χ1v) is 10.6. The molecule has 160 valence electrons. The molecule has 0 bridgehead atoms. The minimum absolute atomic E-state index is 0.0451. The van der Waals surface area contributed by atoms with Crippen molar-refractivity contribution in [1.29, 1.82) is 0 Å².